The van der Waals surface area contributed by atoms with E-state index in [0.29, 0.717) is 28.2 Å². The number of anilines is 1. The Morgan fingerprint density at radius 2 is 2.10 bits per heavy atom. The van der Waals surface area contributed by atoms with E-state index in [1.54, 1.807) is 6.92 Å². The fraction of sp³-hybridized carbons (Fsp3) is 0.600. The van der Waals surface area contributed by atoms with Gasteiger partial charge in [0.15, 0.2) is 0 Å². The zero-order valence-corrected chi connectivity index (χ0v) is 13.1. The Morgan fingerprint density at radius 3 is 2.75 bits per heavy atom. The Kier molecular flexibility index (Phi) is 4.91. The predicted octanol–water partition coefficient (Wildman–Crippen LogP) is 3.48. The number of hydrogen-bond acceptors (Lipinski definition) is 4. The van der Waals surface area contributed by atoms with Gasteiger partial charge in [0.05, 0.1) is 11.4 Å². The number of aryl methyl sites for hydroxylation is 2. The fourth-order valence-electron chi connectivity index (χ4n) is 2.96. The number of pyridine rings is 1. The van der Waals surface area contributed by atoms with Crippen molar-refractivity contribution in [3.8, 4) is 0 Å². The van der Waals surface area contributed by atoms with Gasteiger partial charge in [-0.25, -0.2) is 4.79 Å². The molecule has 5 heteroatoms. The Morgan fingerprint density at radius 1 is 1.40 bits per heavy atom. The van der Waals surface area contributed by atoms with Gasteiger partial charge in [-0.05, 0) is 39.0 Å². The molecule has 0 bridgehead atoms. The minimum atomic E-state index is -0.908. The van der Waals surface area contributed by atoms with Crippen molar-refractivity contribution in [2.45, 2.75) is 50.8 Å². The van der Waals surface area contributed by atoms with Crippen LogP contribution in [0.2, 0.25) is 0 Å². The Balaban J connectivity index is 2.30. The van der Waals surface area contributed by atoms with Crippen molar-refractivity contribution in [1.82, 2.24) is 4.98 Å². The van der Waals surface area contributed by atoms with Crippen LogP contribution in [0.3, 0.4) is 0 Å². The quantitative estimate of drug-likeness (QED) is 0.890. The van der Waals surface area contributed by atoms with Gasteiger partial charge in [0, 0.05) is 17.0 Å². The van der Waals surface area contributed by atoms with E-state index in [9.17, 15) is 9.90 Å². The Hall–Kier alpha value is -1.23. The molecule has 1 saturated carbocycles. The van der Waals surface area contributed by atoms with Gasteiger partial charge in [-0.2, -0.15) is 11.8 Å². The minimum Gasteiger partial charge on any atom is -0.478 e. The third kappa shape index (κ3) is 3.26. The van der Waals surface area contributed by atoms with Gasteiger partial charge in [0.2, 0.25) is 0 Å². The Bertz CT molecular complexity index is 505. The zero-order valence-electron chi connectivity index (χ0n) is 12.3. The molecule has 2 rings (SSSR count). The summed E-state index contributed by atoms with van der Waals surface area (Å²) < 4.78 is 0. The van der Waals surface area contributed by atoms with Crippen LogP contribution in [0, 0.1) is 13.8 Å². The van der Waals surface area contributed by atoms with Crippen molar-refractivity contribution in [1.29, 1.82) is 0 Å². The van der Waals surface area contributed by atoms with E-state index in [0.717, 1.165) is 12.1 Å². The van der Waals surface area contributed by atoms with Crippen LogP contribution in [0.15, 0.2) is 6.07 Å². The van der Waals surface area contributed by atoms with Crippen LogP contribution in [0.5, 0.6) is 0 Å². The molecule has 4 nitrogen and oxygen atoms in total. The van der Waals surface area contributed by atoms with E-state index in [1.165, 1.54) is 19.3 Å². The molecule has 1 aliphatic carbocycles. The lowest BCUT2D eigenvalue weighted by Crippen LogP contribution is -2.35. The summed E-state index contributed by atoms with van der Waals surface area (Å²) in [6, 6.07) is 2.20. The average molecular weight is 294 g/mol. The molecule has 2 unspecified atom stereocenters. The minimum absolute atomic E-state index is 0.307. The number of thioether (sulfide) groups is 1. The highest BCUT2D eigenvalue weighted by molar-refractivity contribution is 7.99. The number of carbonyl (C=O) groups is 1. The number of carboxylic acid groups (broad SMARTS) is 1. The van der Waals surface area contributed by atoms with Gasteiger partial charge in [0.25, 0.3) is 0 Å². The Labute approximate surface area is 124 Å². The SMILES string of the molecule is CSC1CCCCC1Nc1cc(C)nc(C)c1C(=O)O. The van der Waals surface area contributed by atoms with Gasteiger partial charge in [0.1, 0.15) is 5.56 Å². The van der Waals surface area contributed by atoms with Crippen LogP contribution in [0.25, 0.3) is 0 Å². The van der Waals surface area contributed by atoms with Crippen LogP contribution in [-0.2, 0) is 0 Å². The van der Waals surface area contributed by atoms with Crippen LogP contribution < -0.4 is 5.32 Å². The van der Waals surface area contributed by atoms with Gasteiger partial charge in [-0.1, -0.05) is 12.8 Å². The second-order valence-electron chi connectivity index (χ2n) is 5.39. The van der Waals surface area contributed by atoms with E-state index in [-0.39, 0.29) is 0 Å². The van der Waals surface area contributed by atoms with Crippen molar-refractivity contribution >= 4 is 23.4 Å². The summed E-state index contributed by atoms with van der Waals surface area (Å²) in [5.41, 5.74) is 2.46. The summed E-state index contributed by atoms with van der Waals surface area (Å²) in [5.74, 6) is -0.908. The van der Waals surface area contributed by atoms with E-state index in [2.05, 4.69) is 16.6 Å². The highest BCUT2D eigenvalue weighted by Crippen LogP contribution is 2.31. The van der Waals surface area contributed by atoms with Crippen molar-refractivity contribution in [2.24, 2.45) is 0 Å². The molecule has 110 valence electrons. The van der Waals surface area contributed by atoms with E-state index >= 15 is 0 Å². The maximum atomic E-state index is 11.5. The highest BCUT2D eigenvalue weighted by atomic mass is 32.2. The molecule has 0 spiro atoms. The molecule has 1 aromatic heterocycles. The smallest absolute Gasteiger partial charge is 0.339 e. The molecule has 2 atom stereocenters. The second kappa shape index (κ2) is 6.48. The first kappa shape index (κ1) is 15.2. The molecular formula is C15H22N2O2S. The van der Waals surface area contributed by atoms with Crippen molar-refractivity contribution in [2.75, 3.05) is 11.6 Å². The molecule has 2 N–H and O–H groups in total. The lowest BCUT2D eigenvalue weighted by molar-refractivity contribution is 0.0696. The number of rotatable bonds is 4. The third-order valence-corrected chi connectivity index (χ3v) is 5.06. The summed E-state index contributed by atoms with van der Waals surface area (Å²) >= 11 is 1.87. The average Bonchev–Trinajstić information content (AvgIpc) is 2.38. The number of nitrogens with one attached hydrogen (secondary N) is 1. The summed E-state index contributed by atoms with van der Waals surface area (Å²) in [7, 11) is 0. The first-order valence-electron chi connectivity index (χ1n) is 7.03. The number of aromatic carboxylic acids is 1. The van der Waals surface area contributed by atoms with Gasteiger partial charge < -0.3 is 10.4 Å². The van der Waals surface area contributed by atoms with Crippen LogP contribution in [-0.4, -0.2) is 33.6 Å². The lowest BCUT2D eigenvalue weighted by Gasteiger charge is -2.32. The van der Waals surface area contributed by atoms with Crippen LogP contribution in [0.4, 0.5) is 5.69 Å². The van der Waals surface area contributed by atoms with Crippen LogP contribution in [0.1, 0.15) is 47.4 Å². The molecule has 1 aromatic rings. The molecule has 0 aliphatic heterocycles. The largest absolute Gasteiger partial charge is 0.478 e. The second-order valence-corrected chi connectivity index (χ2v) is 6.46. The van der Waals surface area contributed by atoms with Crippen molar-refractivity contribution < 1.29 is 9.90 Å². The number of nitrogens with zero attached hydrogens (tertiary/aromatic N) is 1. The van der Waals surface area contributed by atoms with E-state index < -0.39 is 5.97 Å². The van der Waals surface area contributed by atoms with Gasteiger partial charge in [-0.15, -0.1) is 0 Å². The molecule has 0 aromatic carbocycles. The first-order chi connectivity index (χ1) is 9.52. The normalized spacial score (nSPS) is 22.6. The summed E-state index contributed by atoms with van der Waals surface area (Å²) in [6.45, 7) is 3.66. The maximum Gasteiger partial charge on any atom is 0.339 e. The van der Waals surface area contributed by atoms with E-state index in [4.69, 9.17) is 0 Å². The number of hydrogen-bond donors (Lipinski definition) is 2. The molecule has 1 aliphatic rings. The molecule has 20 heavy (non-hydrogen) atoms. The predicted molar refractivity (Wildman–Crippen MR) is 83.9 cm³/mol. The van der Waals surface area contributed by atoms with Gasteiger partial charge in [-0.3, -0.25) is 4.98 Å². The third-order valence-electron chi connectivity index (χ3n) is 3.89. The highest BCUT2D eigenvalue weighted by Gasteiger charge is 2.26. The summed E-state index contributed by atoms with van der Waals surface area (Å²) in [5, 5.41) is 13.4. The summed E-state index contributed by atoms with van der Waals surface area (Å²) in [6.07, 6.45) is 6.91. The molecular weight excluding hydrogens is 272 g/mol. The van der Waals surface area contributed by atoms with Crippen molar-refractivity contribution in [3.63, 3.8) is 0 Å². The van der Waals surface area contributed by atoms with Crippen molar-refractivity contribution in [3.05, 3.63) is 23.0 Å². The standard InChI is InChI=1S/C15H22N2O2S/c1-9-8-12(14(15(18)19)10(2)16-9)17-11-6-4-5-7-13(11)20-3/h8,11,13H,4-7H2,1-3H3,(H,16,17)(H,18,19). The van der Waals surface area contributed by atoms with E-state index in [1.807, 2.05) is 24.8 Å². The first-order valence-corrected chi connectivity index (χ1v) is 8.32. The zero-order chi connectivity index (χ0) is 14.7. The fourth-order valence-corrected chi connectivity index (χ4v) is 3.89. The monoisotopic (exact) mass is 294 g/mol. The van der Waals surface area contributed by atoms with Crippen LogP contribution >= 0.6 is 11.8 Å². The number of aromatic nitrogens is 1. The topological polar surface area (TPSA) is 62.2 Å². The molecule has 1 fully saturated rings. The molecule has 0 saturated heterocycles. The van der Waals surface area contributed by atoms with Gasteiger partial charge >= 0.3 is 5.97 Å². The molecule has 0 radical (unpaired) electrons. The molecule has 1 heterocycles. The molecule has 0 amide bonds. The summed E-state index contributed by atoms with van der Waals surface area (Å²) in [4.78, 5) is 15.7. The number of carboxylic acids is 1. The lowest BCUT2D eigenvalue weighted by atomic mass is 9.94. The maximum absolute atomic E-state index is 11.5.